The van der Waals surface area contributed by atoms with Crippen LogP contribution in [0.3, 0.4) is 0 Å². The Morgan fingerprint density at radius 1 is 1.40 bits per heavy atom. The highest BCUT2D eigenvalue weighted by molar-refractivity contribution is 5.92. The molecule has 1 aromatic heterocycles. The minimum absolute atomic E-state index is 0.190. The summed E-state index contributed by atoms with van der Waals surface area (Å²) >= 11 is 0. The molecule has 1 heterocycles. The molecule has 0 saturated carbocycles. The number of carbonyl (C=O) groups is 1. The van der Waals surface area contributed by atoms with Crippen molar-refractivity contribution in [3.63, 3.8) is 0 Å². The molecule has 0 radical (unpaired) electrons. The third kappa shape index (κ3) is 2.82. The SMILES string of the molecule is COc1ccc([C@@H](C)NC(=O)c2cccn2C)cc1F. The Balaban J connectivity index is 2.12. The Morgan fingerprint density at radius 3 is 2.70 bits per heavy atom. The van der Waals surface area contributed by atoms with E-state index >= 15 is 0 Å². The van der Waals surface area contributed by atoms with Crippen molar-refractivity contribution in [3.8, 4) is 5.75 Å². The van der Waals surface area contributed by atoms with Gasteiger partial charge in [0, 0.05) is 13.2 Å². The number of hydrogen-bond acceptors (Lipinski definition) is 2. The standard InChI is InChI=1S/C15H17FN2O2/c1-10(11-6-7-14(20-3)12(16)9-11)17-15(19)13-5-4-8-18(13)2/h4-10H,1-3H3,(H,17,19)/t10-/m1/s1. The molecule has 0 fully saturated rings. The molecule has 1 aromatic carbocycles. The molecule has 5 heteroatoms. The van der Waals surface area contributed by atoms with E-state index in [4.69, 9.17) is 4.74 Å². The normalized spacial score (nSPS) is 12.0. The van der Waals surface area contributed by atoms with Gasteiger partial charge in [0.15, 0.2) is 11.6 Å². The van der Waals surface area contributed by atoms with Crippen LogP contribution in [0.1, 0.15) is 29.0 Å². The Kier molecular flexibility index (Phi) is 4.08. The third-order valence-corrected chi connectivity index (χ3v) is 3.20. The van der Waals surface area contributed by atoms with E-state index in [9.17, 15) is 9.18 Å². The van der Waals surface area contributed by atoms with Gasteiger partial charge in [-0.15, -0.1) is 0 Å². The first kappa shape index (κ1) is 14.1. The Labute approximate surface area is 117 Å². The minimum atomic E-state index is -0.440. The molecule has 2 rings (SSSR count). The molecule has 1 amide bonds. The first-order valence-corrected chi connectivity index (χ1v) is 6.28. The number of aromatic nitrogens is 1. The largest absolute Gasteiger partial charge is 0.494 e. The number of benzene rings is 1. The number of aryl methyl sites for hydroxylation is 1. The summed E-state index contributed by atoms with van der Waals surface area (Å²) in [5.41, 5.74) is 1.25. The molecular formula is C15H17FN2O2. The number of amides is 1. The molecule has 0 aliphatic heterocycles. The molecule has 1 atom stereocenters. The number of ether oxygens (including phenoxy) is 1. The van der Waals surface area contributed by atoms with Gasteiger partial charge < -0.3 is 14.6 Å². The van der Waals surface area contributed by atoms with Crippen molar-refractivity contribution in [1.82, 2.24) is 9.88 Å². The number of halogens is 1. The maximum absolute atomic E-state index is 13.6. The monoisotopic (exact) mass is 276 g/mol. The van der Waals surface area contributed by atoms with Gasteiger partial charge in [-0.1, -0.05) is 6.07 Å². The average Bonchev–Trinajstić information content (AvgIpc) is 2.84. The van der Waals surface area contributed by atoms with Crippen LogP contribution in [0.2, 0.25) is 0 Å². The summed E-state index contributed by atoms with van der Waals surface area (Å²) in [5.74, 6) is -0.444. The van der Waals surface area contributed by atoms with Crippen LogP contribution in [0.15, 0.2) is 36.5 Å². The van der Waals surface area contributed by atoms with E-state index in [0.29, 0.717) is 11.3 Å². The zero-order valence-corrected chi connectivity index (χ0v) is 11.7. The van der Waals surface area contributed by atoms with Crippen LogP contribution >= 0.6 is 0 Å². The number of nitrogens with zero attached hydrogens (tertiary/aromatic N) is 1. The second-order valence-corrected chi connectivity index (χ2v) is 4.59. The fraction of sp³-hybridized carbons (Fsp3) is 0.267. The Bertz CT molecular complexity index is 622. The summed E-state index contributed by atoms with van der Waals surface area (Å²) in [5, 5.41) is 2.84. The molecule has 0 spiro atoms. The Morgan fingerprint density at radius 2 is 2.15 bits per heavy atom. The van der Waals surface area contributed by atoms with Crippen LogP contribution in [-0.2, 0) is 7.05 Å². The first-order valence-electron chi connectivity index (χ1n) is 6.28. The van der Waals surface area contributed by atoms with Crippen molar-refractivity contribution in [2.45, 2.75) is 13.0 Å². The van der Waals surface area contributed by atoms with Crippen molar-refractivity contribution in [1.29, 1.82) is 0 Å². The van der Waals surface area contributed by atoms with Crippen LogP contribution in [0, 0.1) is 5.82 Å². The number of hydrogen-bond donors (Lipinski definition) is 1. The smallest absolute Gasteiger partial charge is 0.268 e. The summed E-state index contributed by atoms with van der Waals surface area (Å²) in [6.07, 6.45) is 1.80. The van der Waals surface area contributed by atoms with Gasteiger partial charge in [0.05, 0.1) is 13.2 Å². The number of methoxy groups -OCH3 is 1. The molecular weight excluding hydrogens is 259 g/mol. The maximum Gasteiger partial charge on any atom is 0.268 e. The van der Waals surface area contributed by atoms with E-state index in [2.05, 4.69) is 5.32 Å². The van der Waals surface area contributed by atoms with Crippen LogP contribution in [-0.4, -0.2) is 17.6 Å². The molecule has 0 aliphatic carbocycles. The van der Waals surface area contributed by atoms with E-state index in [1.54, 1.807) is 42.1 Å². The molecule has 1 N–H and O–H groups in total. The van der Waals surface area contributed by atoms with Gasteiger partial charge in [-0.2, -0.15) is 0 Å². The summed E-state index contributed by atoms with van der Waals surface area (Å²) in [6, 6.07) is 7.89. The maximum atomic E-state index is 13.6. The van der Waals surface area contributed by atoms with Crippen LogP contribution in [0.5, 0.6) is 5.75 Å². The highest BCUT2D eigenvalue weighted by Crippen LogP contribution is 2.21. The lowest BCUT2D eigenvalue weighted by molar-refractivity contribution is 0.0931. The van der Waals surface area contributed by atoms with Gasteiger partial charge >= 0.3 is 0 Å². The highest BCUT2D eigenvalue weighted by atomic mass is 19.1. The summed E-state index contributed by atoms with van der Waals surface area (Å²) in [6.45, 7) is 1.81. The summed E-state index contributed by atoms with van der Waals surface area (Å²) < 4.78 is 20.2. The van der Waals surface area contributed by atoms with Crippen LogP contribution < -0.4 is 10.1 Å². The molecule has 0 unspecified atom stereocenters. The number of rotatable bonds is 4. The van der Waals surface area contributed by atoms with Crippen molar-refractivity contribution in [3.05, 3.63) is 53.6 Å². The van der Waals surface area contributed by atoms with E-state index in [-0.39, 0.29) is 17.7 Å². The van der Waals surface area contributed by atoms with E-state index in [0.717, 1.165) is 0 Å². The molecule has 2 aromatic rings. The van der Waals surface area contributed by atoms with E-state index < -0.39 is 5.82 Å². The van der Waals surface area contributed by atoms with E-state index in [1.807, 2.05) is 6.92 Å². The molecule has 106 valence electrons. The van der Waals surface area contributed by atoms with Gasteiger partial charge in [-0.05, 0) is 36.8 Å². The average molecular weight is 276 g/mol. The van der Waals surface area contributed by atoms with Gasteiger partial charge in [0.1, 0.15) is 5.69 Å². The fourth-order valence-electron chi connectivity index (χ4n) is 2.00. The zero-order chi connectivity index (χ0) is 14.7. The van der Waals surface area contributed by atoms with E-state index in [1.165, 1.54) is 13.2 Å². The topological polar surface area (TPSA) is 43.3 Å². The van der Waals surface area contributed by atoms with Gasteiger partial charge in [0.2, 0.25) is 0 Å². The molecule has 0 bridgehead atoms. The van der Waals surface area contributed by atoms with Crippen LogP contribution in [0.4, 0.5) is 4.39 Å². The lowest BCUT2D eigenvalue weighted by Crippen LogP contribution is -2.28. The minimum Gasteiger partial charge on any atom is -0.494 e. The van der Waals surface area contributed by atoms with Crippen molar-refractivity contribution >= 4 is 5.91 Å². The van der Waals surface area contributed by atoms with Gasteiger partial charge in [-0.3, -0.25) is 4.79 Å². The Hall–Kier alpha value is -2.30. The zero-order valence-electron chi connectivity index (χ0n) is 11.7. The summed E-state index contributed by atoms with van der Waals surface area (Å²) in [7, 11) is 3.21. The fourth-order valence-corrected chi connectivity index (χ4v) is 2.00. The summed E-state index contributed by atoms with van der Waals surface area (Å²) in [4.78, 5) is 12.1. The predicted molar refractivity (Wildman–Crippen MR) is 74.2 cm³/mol. The van der Waals surface area contributed by atoms with Crippen molar-refractivity contribution < 1.29 is 13.9 Å². The molecule has 0 saturated heterocycles. The predicted octanol–water partition coefficient (Wildman–Crippen LogP) is 2.66. The van der Waals surface area contributed by atoms with Crippen molar-refractivity contribution in [2.24, 2.45) is 7.05 Å². The first-order chi connectivity index (χ1) is 9.52. The highest BCUT2D eigenvalue weighted by Gasteiger charge is 2.15. The van der Waals surface area contributed by atoms with Crippen LogP contribution in [0.25, 0.3) is 0 Å². The lowest BCUT2D eigenvalue weighted by Gasteiger charge is -2.15. The second kappa shape index (κ2) is 5.77. The number of carbonyl (C=O) groups excluding carboxylic acids is 1. The third-order valence-electron chi connectivity index (χ3n) is 3.20. The van der Waals surface area contributed by atoms with Gasteiger partial charge in [0.25, 0.3) is 5.91 Å². The second-order valence-electron chi connectivity index (χ2n) is 4.59. The molecule has 20 heavy (non-hydrogen) atoms. The molecule has 4 nitrogen and oxygen atoms in total. The lowest BCUT2D eigenvalue weighted by atomic mass is 10.1. The van der Waals surface area contributed by atoms with Gasteiger partial charge in [-0.25, -0.2) is 4.39 Å². The van der Waals surface area contributed by atoms with Crippen molar-refractivity contribution in [2.75, 3.05) is 7.11 Å². The number of nitrogens with one attached hydrogen (secondary N) is 1. The quantitative estimate of drug-likeness (QED) is 0.933. The molecule has 0 aliphatic rings.